The molecule has 0 amide bonds. The van der Waals surface area contributed by atoms with Crippen molar-refractivity contribution in [1.29, 1.82) is 0 Å². The Labute approximate surface area is 242 Å². The Bertz CT molecular complexity index is 1670. The van der Waals surface area contributed by atoms with Crippen molar-refractivity contribution in [2.24, 2.45) is 0 Å². The summed E-state index contributed by atoms with van der Waals surface area (Å²) in [6, 6.07) is 29.3. The summed E-state index contributed by atoms with van der Waals surface area (Å²) < 4.78 is 18.6. The van der Waals surface area contributed by atoms with Crippen LogP contribution in [-0.2, 0) is 15.0 Å². The van der Waals surface area contributed by atoms with Gasteiger partial charge in [0.15, 0.2) is 11.9 Å². The number of hydrogen-bond donors (Lipinski definition) is 4. The van der Waals surface area contributed by atoms with Crippen LogP contribution in [0.5, 0.6) is 5.75 Å². The number of aliphatic hydroxyl groups excluding tert-OH is 2. The van der Waals surface area contributed by atoms with E-state index in [1.165, 1.54) is 7.11 Å². The fourth-order valence-corrected chi connectivity index (χ4v) is 5.77. The van der Waals surface area contributed by atoms with E-state index in [1.807, 2.05) is 84.9 Å². The number of anilines is 1. The second kappa shape index (κ2) is 11.4. The maximum Gasteiger partial charge on any atom is 0.261 e. The smallest absolute Gasteiger partial charge is 0.261 e. The van der Waals surface area contributed by atoms with E-state index >= 15 is 0 Å². The van der Waals surface area contributed by atoms with Crippen molar-refractivity contribution in [2.45, 2.75) is 30.1 Å². The van der Waals surface area contributed by atoms with Gasteiger partial charge in [0.2, 0.25) is 5.95 Å². The Kier molecular flexibility index (Phi) is 7.53. The lowest BCUT2D eigenvalue weighted by Crippen LogP contribution is -2.39. The molecule has 1 aliphatic rings. The molecule has 6 rings (SSSR count). The van der Waals surface area contributed by atoms with Gasteiger partial charge in [0.05, 0.1) is 19.1 Å². The van der Waals surface area contributed by atoms with Crippen molar-refractivity contribution in [3.05, 3.63) is 124 Å². The molecule has 1 saturated heterocycles. The van der Waals surface area contributed by atoms with E-state index in [4.69, 9.17) is 19.2 Å². The van der Waals surface area contributed by atoms with Crippen LogP contribution in [0, 0.1) is 0 Å². The third-order valence-corrected chi connectivity index (χ3v) is 7.86. The molecule has 2 aromatic heterocycles. The second-order valence-electron chi connectivity index (χ2n) is 10.1. The van der Waals surface area contributed by atoms with Gasteiger partial charge in [0.25, 0.3) is 5.56 Å². The molecule has 4 atom stereocenters. The van der Waals surface area contributed by atoms with Crippen molar-refractivity contribution in [1.82, 2.24) is 14.5 Å². The summed E-state index contributed by atoms with van der Waals surface area (Å²) in [4.78, 5) is 21.2. The quantitative estimate of drug-likeness (QED) is 0.199. The topological polar surface area (TPSA) is 131 Å². The number of nitrogens with zero attached hydrogens (tertiary/aromatic N) is 2. The lowest BCUT2D eigenvalue weighted by Gasteiger charge is -2.37. The zero-order chi connectivity index (χ0) is 29.3. The summed E-state index contributed by atoms with van der Waals surface area (Å²) in [5.74, 6) is 0.939. The SMILES string of the molecule is COc1ccc(C(Nc2nc3c(ccn3[C@@H]3O[C@H](CO)[C@@H](O)[C@H]3OC)c(=O)[nH]2)(c2ccccc2)c2ccccc2)cc1. The Morgan fingerprint density at radius 3 is 2.14 bits per heavy atom. The summed E-state index contributed by atoms with van der Waals surface area (Å²) in [6.45, 7) is -0.379. The molecular formula is C32H32N4O6. The molecule has 0 aliphatic carbocycles. The van der Waals surface area contributed by atoms with Crippen LogP contribution in [-0.4, -0.2) is 63.9 Å². The number of aromatic amines is 1. The monoisotopic (exact) mass is 568 g/mol. The summed E-state index contributed by atoms with van der Waals surface area (Å²) in [7, 11) is 3.09. The first-order valence-electron chi connectivity index (χ1n) is 13.6. The number of aliphatic hydroxyl groups is 2. The lowest BCUT2D eigenvalue weighted by molar-refractivity contribution is -0.0580. The highest BCUT2D eigenvalue weighted by atomic mass is 16.6. The molecule has 216 valence electrons. The van der Waals surface area contributed by atoms with Crippen LogP contribution in [0.15, 0.2) is 102 Å². The minimum absolute atomic E-state index is 0.224. The van der Waals surface area contributed by atoms with Crippen LogP contribution in [0.3, 0.4) is 0 Å². The van der Waals surface area contributed by atoms with E-state index in [0.29, 0.717) is 16.8 Å². The van der Waals surface area contributed by atoms with Gasteiger partial charge in [-0.3, -0.25) is 9.78 Å². The Balaban J connectivity index is 1.54. The first-order valence-corrected chi connectivity index (χ1v) is 13.6. The molecule has 0 spiro atoms. The summed E-state index contributed by atoms with van der Waals surface area (Å²) in [5, 5.41) is 24.3. The van der Waals surface area contributed by atoms with Crippen LogP contribution < -0.4 is 15.6 Å². The molecule has 0 saturated carbocycles. The van der Waals surface area contributed by atoms with E-state index in [1.54, 1.807) is 23.9 Å². The zero-order valence-electron chi connectivity index (χ0n) is 23.2. The van der Waals surface area contributed by atoms with E-state index in [-0.39, 0.29) is 18.1 Å². The van der Waals surface area contributed by atoms with Crippen molar-refractivity contribution in [2.75, 3.05) is 26.1 Å². The third-order valence-electron chi connectivity index (χ3n) is 7.86. The minimum atomic E-state index is -1.05. The number of H-pyrrole nitrogens is 1. The number of benzene rings is 3. The molecule has 42 heavy (non-hydrogen) atoms. The molecule has 5 aromatic rings. The normalized spacial score (nSPS) is 20.6. The molecule has 0 unspecified atom stereocenters. The fourth-order valence-electron chi connectivity index (χ4n) is 5.77. The average Bonchev–Trinajstić information content (AvgIpc) is 3.61. The van der Waals surface area contributed by atoms with Crippen molar-refractivity contribution >= 4 is 17.0 Å². The lowest BCUT2D eigenvalue weighted by atomic mass is 9.77. The molecule has 0 radical (unpaired) electrons. The van der Waals surface area contributed by atoms with E-state index in [9.17, 15) is 15.0 Å². The van der Waals surface area contributed by atoms with Gasteiger partial charge in [-0.05, 0) is 34.9 Å². The number of rotatable bonds is 9. The van der Waals surface area contributed by atoms with Crippen molar-refractivity contribution < 1.29 is 24.4 Å². The molecule has 4 N–H and O–H groups in total. The third kappa shape index (κ3) is 4.64. The van der Waals surface area contributed by atoms with Crippen molar-refractivity contribution in [3.63, 3.8) is 0 Å². The van der Waals surface area contributed by atoms with E-state index in [2.05, 4.69) is 10.3 Å². The first kappa shape index (κ1) is 27.7. The Hall–Kier alpha value is -4.48. The van der Waals surface area contributed by atoms with Crippen LogP contribution in [0.1, 0.15) is 22.9 Å². The maximum absolute atomic E-state index is 13.4. The molecule has 1 aliphatic heterocycles. The highest BCUT2D eigenvalue weighted by Gasteiger charge is 2.45. The molecule has 0 bridgehead atoms. The van der Waals surface area contributed by atoms with E-state index in [0.717, 1.165) is 16.7 Å². The molecule has 3 aromatic carbocycles. The van der Waals surface area contributed by atoms with Crippen molar-refractivity contribution in [3.8, 4) is 5.75 Å². The molecular weight excluding hydrogens is 536 g/mol. The molecule has 3 heterocycles. The molecule has 1 fully saturated rings. The van der Waals surface area contributed by atoms with Gasteiger partial charge >= 0.3 is 0 Å². The number of methoxy groups -OCH3 is 2. The standard InChI is InChI=1S/C32H32N4O6/c1-40-23-15-13-22(14-16-23)32(20-9-5-3-6-10-20,21-11-7-4-8-12-21)35-31-33-28-24(29(39)34-31)17-18-36(28)30-27(41-2)26(38)25(19-37)42-30/h3-18,25-27,30,37-38H,19H2,1-2H3,(H2,33,34,35,39)/t25-,26-,27-,30-/m1/s1. The van der Waals surface area contributed by atoms with Crippen LogP contribution >= 0.6 is 0 Å². The van der Waals surface area contributed by atoms with E-state index < -0.39 is 30.1 Å². The summed E-state index contributed by atoms with van der Waals surface area (Å²) in [5.41, 5.74) is 1.76. The number of ether oxygens (including phenoxy) is 3. The second-order valence-corrected chi connectivity index (χ2v) is 10.1. The van der Waals surface area contributed by atoms with Crippen LogP contribution in [0.2, 0.25) is 0 Å². The van der Waals surface area contributed by atoms with Crippen LogP contribution in [0.4, 0.5) is 5.95 Å². The molecule has 10 heteroatoms. The number of hydrogen-bond acceptors (Lipinski definition) is 8. The van der Waals surface area contributed by atoms with Crippen LogP contribution in [0.25, 0.3) is 11.0 Å². The number of fused-ring (bicyclic) bond motifs is 1. The van der Waals surface area contributed by atoms with Gasteiger partial charge in [-0.15, -0.1) is 0 Å². The predicted molar refractivity (Wildman–Crippen MR) is 158 cm³/mol. The van der Waals surface area contributed by atoms with Gasteiger partial charge in [0.1, 0.15) is 29.6 Å². The van der Waals surface area contributed by atoms with Gasteiger partial charge in [0, 0.05) is 13.3 Å². The maximum atomic E-state index is 13.4. The Morgan fingerprint density at radius 2 is 1.57 bits per heavy atom. The predicted octanol–water partition coefficient (Wildman–Crippen LogP) is 3.40. The summed E-state index contributed by atoms with van der Waals surface area (Å²) in [6.07, 6.45) is -1.80. The fraction of sp³-hybridized carbons (Fsp3) is 0.250. The highest BCUT2D eigenvalue weighted by molar-refractivity contribution is 5.76. The largest absolute Gasteiger partial charge is 0.497 e. The van der Waals surface area contributed by atoms with Gasteiger partial charge in [-0.1, -0.05) is 72.8 Å². The summed E-state index contributed by atoms with van der Waals surface area (Å²) >= 11 is 0. The molecule has 10 nitrogen and oxygen atoms in total. The van der Waals surface area contributed by atoms with Gasteiger partial charge in [-0.25, -0.2) is 0 Å². The average molecular weight is 569 g/mol. The number of aromatic nitrogens is 3. The number of nitrogens with one attached hydrogen (secondary N) is 2. The zero-order valence-corrected chi connectivity index (χ0v) is 23.2. The minimum Gasteiger partial charge on any atom is -0.497 e. The Morgan fingerprint density at radius 1 is 0.952 bits per heavy atom. The first-order chi connectivity index (χ1) is 20.5. The highest BCUT2D eigenvalue weighted by Crippen LogP contribution is 2.40. The van der Waals surface area contributed by atoms with Gasteiger partial charge in [-0.2, -0.15) is 4.98 Å². The van der Waals surface area contributed by atoms with Gasteiger partial charge < -0.3 is 34.3 Å².